The summed E-state index contributed by atoms with van der Waals surface area (Å²) in [5.74, 6) is -1.99. The van der Waals surface area contributed by atoms with Gasteiger partial charge >= 0.3 is 11.9 Å². The van der Waals surface area contributed by atoms with Crippen LogP contribution in [-0.4, -0.2) is 61.1 Å². The van der Waals surface area contributed by atoms with Crippen LogP contribution in [0, 0.1) is 0 Å². The molecule has 0 aromatic carbocycles. The number of esters is 1. The van der Waals surface area contributed by atoms with Crippen molar-refractivity contribution >= 4 is 17.7 Å². The summed E-state index contributed by atoms with van der Waals surface area (Å²) in [4.78, 5) is 34.8. The standard InChI is InChI=1S/C23H41NO5/c1-5-6-7-8-9-10-11-12-13-14-15-16-20(25)17-23(28)29-21(18-22(26)27)19-24(2,3)4/h15-16,21H,5-14,17-19H2,1-4H3/p+1. The molecule has 0 saturated carbocycles. The number of carbonyl (C=O) groups excluding carboxylic acids is 2. The molecular formula is C23H42NO5+. The van der Waals surface area contributed by atoms with E-state index in [-0.39, 0.29) is 18.6 Å². The van der Waals surface area contributed by atoms with Crippen LogP contribution in [0.25, 0.3) is 0 Å². The molecule has 1 atom stereocenters. The number of unbranched alkanes of at least 4 members (excludes halogenated alkanes) is 9. The highest BCUT2D eigenvalue weighted by atomic mass is 16.5. The zero-order valence-electron chi connectivity index (χ0n) is 19.0. The van der Waals surface area contributed by atoms with E-state index in [0.29, 0.717) is 11.0 Å². The second-order valence-electron chi connectivity index (χ2n) is 8.85. The zero-order chi connectivity index (χ0) is 22.1. The van der Waals surface area contributed by atoms with Crippen molar-refractivity contribution in [3.05, 3.63) is 12.2 Å². The summed E-state index contributed by atoms with van der Waals surface area (Å²) in [6.07, 6.45) is 14.1. The number of hydrogen-bond donors (Lipinski definition) is 1. The quantitative estimate of drug-likeness (QED) is 0.118. The Morgan fingerprint density at radius 1 is 0.931 bits per heavy atom. The third kappa shape index (κ3) is 19.4. The number of likely N-dealkylation sites (N-methyl/N-ethyl adjacent to an activating group) is 1. The lowest BCUT2D eigenvalue weighted by Gasteiger charge is -2.28. The molecule has 0 aliphatic rings. The molecule has 0 bridgehead atoms. The summed E-state index contributed by atoms with van der Waals surface area (Å²) in [6.45, 7) is 2.60. The number of ether oxygens (including phenoxy) is 1. The molecule has 6 nitrogen and oxygen atoms in total. The smallest absolute Gasteiger partial charge is 0.314 e. The number of carboxylic acid groups (broad SMARTS) is 1. The van der Waals surface area contributed by atoms with Crippen LogP contribution >= 0.6 is 0 Å². The zero-order valence-corrected chi connectivity index (χ0v) is 19.0. The molecule has 6 heteroatoms. The van der Waals surface area contributed by atoms with Gasteiger partial charge in [-0.2, -0.15) is 0 Å². The van der Waals surface area contributed by atoms with Crippen LogP contribution in [0.3, 0.4) is 0 Å². The van der Waals surface area contributed by atoms with Crippen molar-refractivity contribution in [1.29, 1.82) is 0 Å². The lowest BCUT2D eigenvalue weighted by Crippen LogP contribution is -2.43. The molecule has 0 aliphatic carbocycles. The predicted molar refractivity (Wildman–Crippen MR) is 116 cm³/mol. The fourth-order valence-electron chi connectivity index (χ4n) is 3.17. The SMILES string of the molecule is CCCCCCCCCCCC=CC(=O)CC(=O)OC(CC(=O)O)C[N+](C)(C)C. The minimum atomic E-state index is -1.02. The summed E-state index contributed by atoms with van der Waals surface area (Å²) in [6, 6.07) is 0. The van der Waals surface area contributed by atoms with Crippen LogP contribution in [0.5, 0.6) is 0 Å². The van der Waals surface area contributed by atoms with Gasteiger partial charge in [-0.1, -0.05) is 64.4 Å². The van der Waals surface area contributed by atoms with E-state index in [1.807, 2.05) is 27.2 Å². The Hall–Kier alpha value is -1.69. The Bertz CT molecular complexity index is 508. The van der Waals surface area contributed by atoms with Crippen molar-refractivity contribution in [2.75, 3.05) is 27.7 Å². The van der Waals surface area contributed by atoms with Crippen molar-refractivity contribution in [3.8, 4) is 0 Å². The first-order valence-corrected chi connectivity index (χ1v) is 11.0. The van der Waals surface area contributed by atoms with Crippen LogP contribution in [0.15, 0.2) is 12.2 Å². The predicted octanol–water partition coefficient (Wildman–Crippen LogP) is 4.52. The molecule has 1 unspecified atom stereocenters. The van der Waals surface area contributed by atoms with Gasteiger partial charge in [0.15, 0.2) is 11.9 Å². The largest absolute Gasteiger partial charge is 0.481 e. The summed E-state index contributed by atoms with van der Waals surface area (Å²) >= 11 is 0. The maximum Gasteiger partial charge on any atom is 0.314 e. The number of aliphatic carboxylic acids is 1. The molecular weight excluding hydrogens is 370 g/mol. The monoisotopic (exact) mass is 412 g/mol. The Labute approximate surface area is 176 Å². The second-order valence-corrected chi connectivity index (χ2v) is 8.85. The third-order valence-electron chi connectivity index (χ3n) is 4.55. The van der Waals surface area contributed by atoms with Crippen LogP contribution < -0.4 is 0 Å². The Morgan fingerprint density at radius 3 is 2.00 bits per heavy atom. The van der Waals surface area contributed by atoms with E-state index in [1.165, 1.54) is 51.0 Å². The van der Waals surface area contributed by atoms with Gasteiger partial charge in [0.2, 0.25) is 0 Å². The molecule has 0 amide bonds. The fourth-order valence-corrected chi connectivity index (χ4v) is 3.17. The summed E-state index contributed by atoms with van der Waals surface area (Å²) in [5.41, 5.74) is 0. The molecule has 0 aromatic rings. The van der Waals surface area contributed by atoms with E-state index in [4.69, 9.17) is 9.84 Å². The summed E-state index contributed by atoms with van der Waals surface area (Å²) < 4.78 is 5.69. The van der Waals surface area contributed by atoms with Gasteiger partial charge in [-0.3, -0.25) is 14.4 Å². The van der Waals surface area contributed by atoms with Crippen molar-refractivity contribution in [2.45, 2.75) is 90.1 Å². The highest BCUT2D eigenvalue weighted by Gasteiger charge is 2.25. The number of quaternary nitrogens is 1. The topological polar surface area (TPSA) is 80.7 Å². The van der Waals surface area contributed by atoms with Gasteiger partial charge in [0.25, 0.3) is 0 Å². The van der Waals surface area contributed by atoms with Gasteiger partial charge in [-0.05, 0) is 18.9 Å². The van der Waals surface area contributed by atoms with Crippen molar-refractivity contribution in [3.63, 3.8) is 0 Å². The first-order chi connectivity index (χ1) is 13.6. The number of hydrogen-bond acceptors (Lipinski definition) is 4. The minimum Gasteiger partial charge on any atom is -0.481 e. The van der Waals surface area contributed by atoms with Gasteiger partial charge in [0, 0.05) is 0 Å². The van der Waals surface area contributed by atoms with E-state index in [1.54, 1.807) is 0 Å². The average Bonchev–Trinajstić information content (AvgIpc) is 2.57. The maximum atomic E-state index is 12.0. The van der Waals surface area contributed by atoms with Crippen molar-refractivity contribution in [1.82, 2.24) is 0 Å². The van der Waals surface area contributed by atoms with Crippen LogP contribution in [0.4, 0.5) is 0 Å². The molecule has 0 aliphatic heterocycles. The van der Waals surface area contributed by atoms with Gasteiger partial charge < -0.3 is 14.3 Å². The molecule has 29 heavy (non-hydrogen) atoms. The van der Waals surface area contributed by atoms with Gasteiger partial charge in [-0.15, -0.1) is 0 Å². The number of rotatable bonds is 18. The van der Waals surface area contributed by atoms with Crippen molar-refractivity contribution in [2.24, 2.45) is 0 Å². The molecule has 0 fully saturated rings. The summed E-state index contributed by atoms with van der Waals surface area (Å²) in [5, 5.41) is 8.97. The average molecular weight is 413 g/mol. The van der Waals surface area contributed by atoms with E-state index in [0.717, 1.165) is 19.3 Å². The highest BCUT2D eigenvalue weighted by molar-refractivity contribution is 6.01. The molecule has 168 valence electrons. The number of allylic oxidation sites excluding steroid dienone is 2. The van der Waals surface area contributed by atoms with Crippen molar-refractivity contribution < 1.29 is 28.7 Å². The number of carboxylic acids is 1. The molecule has 0 radical (unpaired) electrons. The maximum absolute atomic E-state index is 12.0. The Balaban J connectivity index is 3.98. The molecule has 0 heterocycles. The van der Waals surface area contributed by atoms with Crippen LogP contribution in [0.2, 0.25) is 0 Å². The minimum absolute atomic E-state index is 0.260. The van der Waals surface area contributed by atoms with E-state index < -0.39 is 18.0 Å². The highest BCUT2D eigenvalue weighted by Crippen LogP contribution is 2.11. The van der Waals surface area contributed by atoms with Crippen LogP contribution in [0.1, 0.15) is 84.0 Å². The van der Waals surface area contributed by atoms with E-state index in [2.05, 4.69) is 6.92 Å². The van der Waals surface area contributed by atoms with Gasteiger partial charge in [-0.25, -0.2) is 0 Å². The lowest BCUT2D eigenvalue weighted by atomic mass is 10.1. The molecule has 0 saturated heterocycles. The van der Waals surface area contributed by atoms with Crippen LogP contribution in [-0.2, 0) is 19.1 Å². The number of ketones is 1. The Morgan fingerprint density at radius 2 is 1.48 bits per heavy atom. The fraction of sp³-hybridized carbons (Fsp3) is 0.783. The van der Waals surface area contributed by atoms with Gasteiger partial charge in [0.05, 0.1) is 27.6 Å². The molecule has 0 spiro atoms. The Kier molecular flexibility index (Phi) is 15.2. The normalized spacial score (nSPS) is 12.8. The number of carbonyl (C=O) groups is 3. The first-order valence-electron chi connectivity index (χ1n) is 11.0. The molecule has 1 N–H and O–H groups in total. The first kappa shape index (κ1) is 27.3. The third-order valence-corrected chi connectivity index (χ3v) is 4.55. The van der Waals surface area contributed by atoms with Gasteiger partial charge in [0.1, 0.15) is 13.0 Å². The molecule has 0 rings (SSSR count). The molecule has 0 aromatic heterocycles. The van der Waals surface area contributed by atoms with E-state index in [9.17, 15) is 14.4 Å². The lowest BCUT2D eigenvalue weighted by molar-refractivity contribution is -0.873. The number of nitrogens with zero attached hydrogens (tertiary/aromatic N) is 1. The van der Waals surface area contributed by atoms with E-state index >= 15 is 0 Å². The summed E-state index contributed by atoms with van der Waals surface area (Å²) in [7, 11) is 5.68. The second kappa shape index (κ2) is 16.1.